The molecule has 0 aromatic rings. The Bertz CT molecular complexity index is 1500. The van der Waals surface area contributed by atoms with Gasteiger partial charge in [0.2, 0.25) is 5.91 Å². The van der Waals surface area contributed by atoms with Crippen LogP contribution < -0.4 is 5.32 Å². The van der Waals surface area contributed by atoms with Crippen molar-refractivity contribution in [2.75, 3.05) is 13.2 Å². The third-order valence-electron chi connectivity index (χ3n) is 18.1. The molecular weight excluding hydrogens is 1070 g/mol. The number of aliphatic hydroxyl groups excluding tert-OH is 5. The van der Waals surface area contributed by atoms with Gasteiger partial charge >= 0.3 is 0 Å². The van der Waals surface area contributed by atoms with Gasteiger partial charge in [-0.1, -0.05) is 364 Å². The van der Waals surface area contributed by atoms with Crippen LogP contribution in [-0.2, 0) is 14.3 Å². The van der Waals surface area contributed by atoms with E-state index in [1.807, 2.05) is 6.08 Å². The van der Waals surface area contributed by atoms with Crippen molar-refractivity contribution in [3.8, 4) is 0 Å². The average molecular weight is 1210 g/mol. The molecule has 1 rings (SSSR count). The van der Waals surface area contributed by atoms with Gasteiger partial charge in [0, 0.05) is 6.42 Å². The van der Waals surface area contributed by atoms with Gasteiger partial charge in [-0.05, 0) is 57.8 Å². The fraction of sp³-hybridized carbons (Fsp3) is 0.883. The first-order valence-electron chi connectivity index (χ1n) is 37.9. The summed E-state index contributed by atoms with van der Waals surface area (Å²) >= 11 is 0. The predicted molar refractivity (Wildman–Crippen MR) is 369 cm³/mol. The van der Waals surface area contributed by atoms with E-state index in [0.29, 0.717) is 6.42 Å². The van der Waals surface area contributed by atoms with Gasteiger partial charge < -0.3 is 40.3 Å². The number of nitrogens with one attached hydrogen (secondary N) is 1. The van der Waals surface area contributed by atoms with Gasteiger partial charge in [-0.2, -0.15) is 0 Å². The predicted octanol–water partition coefficient (Wildman–Crippen LogP) is 21.1. The Kier molecular flexibility index (Phi) is 63.1. The number of carbonyl (C=O) groups is 1. The van der Waals surface area contributed by atoms with E-state index in [2.05, 4.69) is 55.6 Å². The largest absolute Gasteiger partial charge is 0.394 e. The summed E-state index contributed by atoms with van der Waals surface area (Å²) < 4.78 is 11.3. The van der Waals surface area contributed by atoms with Crippen LogP contribution >= 0.6 is 0 Å². The summed E-state index contributed by atoms with van der Waals surface area (Å²) in [5.41, 5.74) is 0. The summed E-state index contributed by atoms with van der Waals surface area (Å²) in [4.78, 5) is 13.1. The molecule has 0 bridgehead atoms. The Morgan fingerprint density at radius 3 is 1.01 bits per heavy atom. The summed E-state index contributed by atoms with van der Waals surface area (Å²) in [6, 6.07) is -0.805. The molecule has 0 saturated carbocycles. The van der Waals surface area contributed by atoms with Crippen LogP contribution in [-0.4, -0.2) is 87.5 Å². The number of allylic oxidation sites excluding steroid dienone is 7. The molecule has 1 aliphatic heterocycles. The number of amides is 1. The van der Waals surface area contributed by atoms with Crippen LogP contribution in [0.25, 0.3) is 0 Å². The van der Waals surface area contributed by atoms with E-state index < -0.39 is 49.5 Å². The minimum absolute atomic E-state index is 0.169. The molecule has 506 valence electrons. The number of hydrogen-bond acceptors (Lipinski definition) is 8. The zero-order chi connectivity index (χ0) is 62.1. The smallest absolute Gasteiger partial charge is 0.220 e. The molecule has 1 fully saturated rings. The van der Waals surface area contributed by atoms with Crippen molar-refractivity contribution in [3.63, 3.8) is 0 Å². The Morgan fingerprint density at radius 1 is 0.395 bits per heavy atom. The van der Waals surface area contributed by atoms with Gasteiger partial charge in [0.25, 0.3) is 0 Å². The third-order valence-corrected chi connectivity index (χ3v) is 18.1. The van der Waals surface area contributed by atoms with Gasteiger partial charge in [-0.3, -0.25) is 4.79 Å². The minimum Gasteiger partial charge on any atom is -0.394 e. The molecular formula is C77H145NO8. The van der Waals surface area contributed by atoms with E-state index in [9.17, 15) is 30.3 Å². The maximum Gasteiger partial charge on any atom is 0.220 e. The standard InChI is InChI=1S/C77H145NO8/c1-3-5-7-9-11-13-15-17-19-21-23-25-27-28-29-30-31-32-33-34-35-36-37-38-39-40-41-42-43-44-45-47-49-51-53-55-57-59-61-63-65-67-73(81)78-70(69-85-77-76(84)75(83)74(82)72(68-79)86-77)71(80)66-64-62-60-58-56-54-52-50-48-46-26-24-22-20-18-16-14-12-10-8-6-4-2/h15,17,21,23,27-28,64,66,70-72,74-77,79-80,82-84H,3-14,16,18-20,22,24-26,29-63,65,67-69H2,1-2H3,(H,78,81)/b17-15-,23-21-,28-27-,66-64+. The highest BCUT2D eigenvalue weighted by Gasteiger charge is 2.44. The van der Waals surface area contributed by atoms with Gasteiger partial charge in [0.15, 0.2) is 6.29 Å². The summed E-state index contributed by atoms with van der Waals surface area (Å²) in [6.07, 6.45) is 83.9. The molecule has 86 heavy (non-hydrogen) atoms. The highest BCUT2D eigenvalue weighted by Crippen LogP contribution is 2.24. The molecule has 9 heteroatoms. The summed E-state index contributed by atoms with van der Waals surface area (Å²) in [7, 11) is 0. The topological polar surface area (TPSA) is 149 Å². The first-order chi connectivity index (χ1) is 42.3. The first-order valence-corrected chi connectivity index (χ1v) is 37.9. The lowest BCUT2D eigenvalue weighted by Gasteiger charge is -2.40. The minimum atomic E-state index is -1.57. The Balaban J connectivity index is 2.04. The van der Waals surface area contributed by atoms with Crippen LogP contribution in [0.2, 0.25) is 0 Å². The second-order valence-electron chi connectivity index (χ2n) is 26.4. The van der Waals surface area contributed by atoms with Crippen LogP contribution in [0, 0.1) is 0 Å². The first kappa shape index (κ1) is 82.2. The zero-order valence-corrected chi connectivity index (χ0v) is 56.8. The van der Waals surface area contributed by atoms with Crippen LogP contribution in [0.15, 0.2) is 48.6 Å². The van der Waals surface area contributed by atoms with Crippen molar-refractivity contribution in [1.29, 1.82) is 0 Å². The lowest BCUT2D eigenvalue weighted by atomic mass is 9.99. The number of carbonyl (C=O) groups excluding carboxylic acids is 1. The molecule has 1 amide bonds. The van der Waals surface area contributed by atoms with E-state index in [0.717, 1.165) is 51.4 Å². The van der Waals surface area contributed by atoms with E-state index >= 15 is 0 Å². The molecule has 7 unspecified atom stereocenters. The van der Waals surface area contributed by atoms with Gasteiger partial charge in [0.05, 0.1) is 25.4 Å². The molecule has 1 heterocycles. The molecule has 0 radical (unpaired) electrons. The van der Waals surface area contributed by atoms with E-state index in [4.69, 9.17) is 9.47 Å². The molecule has 1 aliphatic rings. The quantitative estimate of drug-likeness (QED) is 0.0261. The molecule has 6 N–H and O–H groups in total. The highest BCUT2D eigenvalue weighted by atomic mass is 16.7. The lowest BCUT2D eigenvalue weighted by Crippen LogP contribution is -2.60. The Labute approximate surface area is 533 Å². The second kappa shape index (κ2) is 66.1. The summed E-state index contributed by atoms with van der Waals surface area (Å²) in [5, 5.41) is 54.8. The number of rotatable bonds is 67. The third kappa shape index (κ3) is 53.9. The normalized spacial score (nSPS) is 18.2. The fourth-order valence-corrected chi connectivity index (χ4v) is 12.2. The van der Waals surface area contributed by atoms with Gasteiger partial charge in [0.1, 0.15) is 24.4 Å². The SMILES string of the molecule is CCCCCCC/C=C\C/C=C\C/C=C\CCCCCCCCCCCCCCCCCCCCCCCCCCCCC(=O)NC(COC1OC(CO)C(O)C(O)C1O)C(O)/C=C/CCCCCCCCCCCCCCCCCCCCCC. The summed E-state index contributed by atoms with van der Waals surface area (Å²) in [6.45, 7) is 3.82. The monoisotopic (exact) mass is 1210 g/mol. The second-order valence-corrected chi connectivity index (χ2v) is 26.4. The maximum absolute atomic E-state index is 13.1. The number of unbranched alkanes of at least 4 members (excludes halogenated alkanes) is 51. The lowest BCUT2D eigenvalue weighted by molar-refractivity contribution is -0.302. The van der Waals surface area contributed by atoms with Crippen molar-refractivity contribution in [3.05, 3.63) is 48.6 Å². The van der Waals surface area contributed by atoms with Crippen LogP contribution in [0.5, 0.6) is 0 Å². The van der Waals surface area contributed by atoms with Crippen molar-refractivity contribution < 1.29 is 39.8 Å². The summed E-state index contributed by atoms with van der Waals surface area (Å²) in [5.74, 6) is -0.169. The van der Waals surface area contributed by atoms with Gasteiger partial charge in [-0.25, -0.2) is 0 Å². The molecule has 9 nitrogen and oxygen atoms in total. The van der Waals surface area contributed by atoms with Crippen molar-refractivity contribution in [1.82, 2.24) is 5.32 Å². The fourth-order valence-electron chi connectivity index (χ4n) is 12.2. The van der Waals surface area contributed by atoms with Crippen LogP contribution in [0.1, 0.15) is 380 Å². The molecule has 0 spiro atoms. The Hall–Kier alpha value is -1.85. The van der Waals surface area contributed by atoms with Gasteiger partial charge in [-0.15, -0.1) is 0 Å². The average Bonchev–Trinajstić information content (AvgIpc) is 2.36. The number of aliphatic hydroxyl groups is 5. The molecule has 0 aromatic heterocycles. The van der Waals surface area contributed by atoms with Crippen molar-refractivity contribution in [2.24, 2.45) is 0 Å². The van der Waals surface area contributed by atoms with E-state index in [-0.39, 0.29) is 12.5 Å². The van der Waals surface area contributed by atoms with E-state index in [1.165, 1.54) is 308 Å². The molecule has 1 saturated heterocycles. The molecule has 0 aromatic carbocycles. The van der Waals surface area contributed by atoms with Crippen LogP contribution in [0.4, 0.5) is 0 Å². The maximum atomic E-state index is 13.1. The number of ether oxygens (including phenoxy) is 2. The Morgan fingerprint density at radius 2 is 0.686 bits per heavy atom. The number of hydrogen-bond donors (Lipinski definition) is 6. The highest BCUT2D eigenvalue weighted by molar-refractivity contribution is 5.76. The molecule has 7 atom stereocenters. The zero-order valence-electron chi connectivity index (χ0n) is 56.8. The van der Waals surface area contributed by atoms with Crippen molar-refractivity contribution in [2.45, 2.75) is 423 Å². The van der Waals surface area contributed by atoms with E-state index in [1.54, 1.807) is 6.08 Å². The van der Waals surface area contributed by atoms with Crippen LogP contribution in [0.3, 0.4) is 0 Å². The molecule has 0 aliphatic carbocycles. The van der Waals surface area contributed by atoms with Crippen molar-refractivity contribution >= 4 is 5.91 Å².